The van der Waals surface area contributed by atoms with E-state index in [4.69, 9.17) is 9.47 Å². The highest BCUT2D eigenvalue weighted by atomic mass is 16.5. The van der Waals surface area contributed by atoms with Crippen molar-refractivity contribution < 1.29 is 24.2 Å². The fraction of sp³-hybridized carbons (Fsp3) is 0.409. The first-order valence-electron chi connectivity index (χ1n) is 9.87. The summed E-state index contributed by atoms with van der Waals surface area (Å²) >= 11 is 0. The number of aliphatic hydroxyl groups excluding tert-OH is 1. The van der Waals surface area contributed by atoms with Crippen LogP contribution in [0.3, 0.4) is 0 Å². The van der Waals surface area contributed by atoms with Crippen LogP contribution in [0.4, 0.5) is 0 Å². The van der Waals surface area contributed by atoms with E-state index in [1.54, 1.807) is 50.8 Å². The molecule has 0 radical (unpaired) electrons. The van der Waals surface area contributed by atoms with Gasteiger partial charge in [-0.3, -0.25) is 14.3 Å². The van der Waals surface area contributed by atoms with Gasteiger partial charge in [0.25, 0.3) is 11.7 Å². The average molecular weight is 413 g/mol. The van der Waals surface area contributed by atoms with Gasteiger partial charge in [-0.2, -0.15) is 5.10 Å². The van der Waals surface area contributed by atoms with E-state index in [1.807, 2.05) is 13.8 Å². The van der Waals surface area contributed by atoms with Gasteiger partial charge in [0, 0.05) is 19.8 Å². The first kappa shape index (κ1) is 21.4. The van der Waals surface area contributed by atoms with Crippen LogP contribution in [0, 0.1) is 13.8 Å². The molecule has 1 N–H and O–H groups in total. The molecule has 0 aliphatic carbocycles. The lowest BCUT2D eigenvalue weighted by atomic mass is 9.94. The highest BCUT2D eigenvalue weighted by Crippen LogP contribution is 2.41. The Kier molecular flexibility index (Phi) is 5.87. The lowest BCUT2D eigenvalue weighted by Gasteiger charge is -2.22. The lowest BCUT2D eigenvalue weighted by Crippen LogP contribution is -2.24. The Bertz CT molecular complexity index is 1040. The molecule has 1 saturated heterocycles. The number of carbonyl (C=O) groups excluding carboxylic acids is 2. The zero-order valence-electron chi connectivity index (χ0n) is 18.1. The van der Waals surface area contributed by atoms with E-state index in [1.165, 1.54) is 4.90 Å². The highest BCUT2D eigenvalue weighted by Gasteiger charge is 2.45. The van der Waals surface area contributed by atoms with Crippen LogP contribution in [0.2, 0.25) is 0 Å². The molecule has 0 spiro atoms. The smallest absolute Gasteiger partial charge is 0.295 e. The van der Waals surface area contributed by atoms with Crippen LogP contribution < -0.4 is 9.47 Å². The molecule has 8 nitrogen and oxygen atoms in total. The first-order valence-corrected chi connectivity index (χ1v) is 9.87. The van der Waals surface area contributed by atoms with Crippen LogP contribution in [-0.2, 0) is 16.6 Å². The standard InChI is InChI=1S/C22H27N3O5/c1-7-29-15-10-9-14(11-16(15)30-8-2)19-18(21(27)22(28)24(19)5)20(26)17-12(3)23-25(6)13(17)4/h9-11,19,26H,7-8H2,1-6H3/b20-18+. The van der Waals surface area contributed by atoms with Gasteiger partial charge < -0.3 is 19.5 Å². The fourth-order valence-electron chi connectivity index (χ4n) is 3.83. The Labute approximate surface area is 175 Å². The minimum Gasteiger partial charge on any atom is -0.507 e. The van der Waals surface area contributed by atoms with Crippen LogP contribution >= 0.6 is 0 Å². The number of likely N-dealkylation sites (N-methyl/N-ethyl adjacent to an activating group) is 1. The summed E-state index contributed by atoms with van der Waals surface area (Å²) in [6, 6.07) is 4.52. The minimum atomic E-state index is -0.751. The summed E-state index contributed by atoms with van der Waals surface area (Å²) in [6.07, 6.45) is 0. The number of ether oxygens (including phenoxy) is 2. The van der Waals surface area contributed by atoms with Crippen molar-refractivity contribution in [2.45, 2.75) is 33.7 Å². The van der Waals surface area contributed by atoms with Gasteiger partial charge in [-0.05, 0) is 45.4 Å². The van der Waals surface area contributed by atoms with Gasteiger partial charge in [-0.15, -0.1) is 0 Å². The normalized spacial score (nSPS) is 18.2. The predicted molar refractivity (Wildman–Crippen MR) is 112 cm³/mol. The van der Waals surface area contributed by atoms with Crippen molar-refractivity contribution in [3.8, 4) is 11.5 Å². The number of aromatic nitrogens is 2. The van der Waals surface area contributed by atoms with E-state index in [-0.39, 0.29) is 11.3 Å². The second kappa shape index (κ2) is 8.22. The van der Waals surface area contributed by atoms with Gasteiger partial charge in [0.15, 0.2) is 11.5 Å². The molecule has 1 fully saturated rings. The Hall–Kier alpha value is -3.29. The van der Waals surface area contributed by atoms with E-state index in [0.29, 0.717) is 47.2 Å². The largest absolute Gasteiger partial charge is 0.507 e. The number of aliphatic hydroxyl groups is 1. The third-order valence-electron chi connectivity index (χ3n) is 5.30. The number of rotatable bonds is 6. The number of ketones is 1. The summed E-state index contributed by atoms with van der Waals surface area (Å²) in [6.45, 7) is 8.21. The molecule has 3 rings (SSSR count). The van der Waals surface area contributed by atoms with Crippen molar-refractivity contribution in [3.63, 3.8) is 0 Å². The number of likely N-dealkylation sites (tertiary alicyclic amines) is 1. The lowest BCUT2D eigenvalue weighted by molar-refractivity contribution is -0.139. The van der Waals surface area contributed by atoms with Crippen LogP contribution in [-0.4, -0.2) is 51.7 Å². The monoisotopic (exact) mass is 413 g/mol. The summed E-state index contributed by atoms with van der Waals surface area (Å²) in [5, 5.41) is 15.4. The average Bonchev–Trinajstić information content (AvgIpc) is 3.09. The third-order valence-corrected chi connectivity index (χ3v) is 5.30. The number of benzene rings is 1. The maximum Gasteiger partial charge on any atom is 0.295 e. The molecular weight excluding hydrogens is 386 g/mol. The number of hydrogen-bond donors (Lipinski definition) is 1. The van der Waals surface area contributed by atoms with Crippen molar-refractivity contribution in [2.24, 2.45) is 7.05 Å². The molecule has 1 unspecified atom stereocenters. The highest BCUT2D eigenvalue weighted by molar-refractivity contribution is 6.46. The molecule has 160 valence electrons. The molecular formula is C22H27N3O5. The van der Waals surface area contributed by atoms with Crippen LogP contribution in [0.25, 0.3) is 5.76 Å². The number of Topliss-reactive ketones (excluding diaryl/α,β-unsaturated/α-hetero) is 1. The maximum atomic E-state index is 12.8. The number of amides is 1. The van der Waals surface area contributed by atoms with Crippen molar-refractivity contribution in [1.29, 1.82) is 0 Å². The quantitative estimate of drug-likeness (QED) is 0.445. The zero-order chi connectivity index (χ0) is 22.2. The van der Waals surface area contributed by atoms with E-state index < -0.39 is 17.7 Å². The molecule has 1 aromatic heterocycles. The summed E-state index contributed by atoms with van der Waals surface area (Å²) in [5.74, 6) is -0.528. The number of hydrogen-bond acceptors (Lipinski definition) is 6. The van der Waals surface area contributed by atoms with Crippen molar-refractivity contribution in [3.05, 3.63) is 46.3 Å². The van der Waals surface area contributed by atoms with E-state index in [9.17, 15) is 14.7 Å². The molecule has 2 heterocycles. The molecule has 1 aliphatic rings. The van der Waals surface area contributed by atoms with Gasteiger partial charge >= 0.3 is 0 Å². The first-order chi connectivity index (χ1) is 14.2. The van der Waals surface area contributed by atoms with E-state index >= 15 is 0 Å². The number of carbonyl (C=O) groups is 2. The molecule has 1 amide bonds. The molecule has 0 bridgehead atoms. The summed E-state index contributed by atoms with van der Waals surface area (Å²) < 4.78 is 12.9. The van der Waals surface area contributed by atoms with Crippen LogP contribution in [0.5, 0.6) is 11.5 Å². The topological polar surface area (TPSA) is 93.9 Å². The van der Waals surface area contributed by atoms with E-state index in [0.717, 1.165) is 0 Å². The number of aryl methyl sites for hydroxylation is 2. The van der Waals surface area contributed by atoms with Gasteiger partial charge in [0.1, 0.15) is 5.76 Å². The van der Waals surface area contributed by atoms with Crippen molar-refractivity contribution in [2.75, 3.05) is 20.3 Å². The Morgan fingerprint density at radius 1 is 1.10 bits per heavy atom. The minimum absolute atomic E-state index is 0.0355. The second-order valence-electron chi connectivity index (χ2n) is 7.15. The Morgan fingerprint density at radius 3 is 2.30 bits per heavy atom. The zero-order valence-corrected chi connectivity index (χ0v) is 18.1. The Balaban J connectivity index is 2.20. The fourth-order valence-corrected chi connectivity index (χ4v) is 3.83. The van der Waals surface area contributed by atoms with Crippen molar-refractivity contribution in [1.82, 2.24) is 14.7 Å². The summed E-state index contributed by atoms with van der Waals surface area (Å²) in [4.78, 5) is 26.7. The Morgan fingerprint density at radius 2 is 1.73 bits per heavy atom. The molecule has 1 aliphatic heterocycles. The molecule has 2 aromatic rings. The maximum absolute atomic E-state index is 12.8. The van der Waals surface area contributed by atoms with Gasteiger partial charge in [0.2, 0.25) is 0 Å². The van der Waals surface area contributed by atoms with Gasteiger partial charge in [-0.25, -0.2) is 0 Å². The van der Waals surface area contributed by atoms with Crippen LogP contribution in [0.1, 0.15) is 42.4 Å². The van der Waals surface area contributed by atoms with Gasteiger partial charge in [0.05, 0.1) is 36.1 Å². The van der Waals surface area contributed by atoms with E-state index in [2.05, 4.69) is 5.10 Å². The molecule has 8 heteroatoms. The molecule has 1 atom stereocenters. The molecule has 1 aromatic carbocycles. The third kappa shape index (κ3) is 3.42. The predicted octanol–water partition coefficient (Wildman–Crippen LogP) is 2.89. The van der Waals surface area contributed by atoms with Gasteiger partial charge in [-0.1, -0.05) is 6.07 Å². The van der Waals surface area contributed by atoms with Crippen molar-refractivity contribution >= 4 is 17.4 Å². The number of nitrogens with zero attached hydrogens (tertiary/aromatic N) is 3. The summed E-state index contributed by atoms with van der Waals surface area (Å²) in [7, 11) is 3.31. The SMILES string of the molecule is CCOc1ccc(C2/C(=C(\O)c3c(C)nn(C)c3C)C(=O)C(=O)N2C)cc1OCC. The van der Waals surface area contributed by atoms with Crippen LogP contribution in [0.15, 0.2) is 23.8 Å². The second-order valence-corrected chi connectivity index (χ2v) is 7.15. The molecule has 0 saturated carbocycles. The summed E-state index contributed by atoms with van der Waals surface area (Å²) in [5.41, 5.74) is 2.42. The molecule has 30 heavy (non-hydrogen) atoms.